The molecule has 3 aromatic rings. The van der Waals surface area contributed by atoms with Gasteiger partial charge in [0.1, 0.15) is 5.82 Å². The minimum absolute atomic E-state index is 0.103. The molecule has 23 heavy (non-hydrogen) atoms. The van der Waals surface area contributed by atoms with E-state index in [-0.39, 0.29) is 6.61 Å². The van der Waals surface area contributed by atoms with E-state index >= 15 is 0 Å². The molecule has 6 heteroatoms. The number of fused-ring (bicyclic) bond motifs is 1. The largest absolute Gasteiger partial charge is 0.416 e. The summed E-state index contributed by atoms with van der Waals surface area (Å²) in [5, 5.41) is 9.24. The van der Waals surface area contributed by atoms with Gasteiger partial charge in [0.05, 0.1) is 23.2 Å². The molecule has 0 spiro atoms. The second kappa shape index (κ2) is 6.04. The van der Waals surface area contributed by atoms with E-state index in [2.05, 4.69) is 4.98 Å². The number of hydrogen-bond acceptors (Lipinski definition) is 2. The van der Waals surface area contributed by atoms with Gasteiger partial charge in [0.15, 0.2) is 0 Å². The normalized spacial score (nSPS) is 12.0. The number of nitrogens with zero attached hydrogens (tertiary/aromatic N) is 2. The first-order chi connectivity index (χ1) is 11.0. The van der Waals surface area contributed by atoms with Gasteiger partial charge in [0.2, 0.25) is 0 Å². The van der Waals surface area contributed by atoms with Crippen molar-refractivity contribution in [1.82, 2.24) is 9.55 Å². The van der Waals surface area contributed by atoms with E-state index in [1.807, 2.05) is 30.3 Å². The third-order valence-corrected chi connectivity index (χ3v) is 3.68. The van der Waals surface area contributed by atoms with Crippen LogP contribution in [0, 0.1) is 0 Å². The molecule has 0 aliphatic rings. The summed E-state index contributed by atoms with van der Waals surface area (Å²) >= 11 is 0. The molecule has 3 nitrogen and oxygen atoms in total. The zero-order valence-corrected chi connectivity index (χ0v) is 12.2. The van der Waals surface area contributed by atoms with Crippen molar-refractivity contribution in [2.75, 3.05) is 6.61 Å². The van der Waals surface area contributed by atoms with Crippen molar-refractivity contribution in [2.45, 2.75) is 19.1 Å². The van der Waals surface area contributed by atoms with Gasteiger partial charge in [-0.15, -0.1) is 0 Å². The number of aliphatic hydroxyl groups excluding tert-OH is 1. The maximum atomic E-state index is 12.8. The fourth-order valence-corrected chi connectivity index (χ4v) is 2.62. The zero-order chi connectivity index (χ0) is 16.4. The fraction of sp³-hybridized carbons (Fsp3) is 0.235. The molecule has 3 rings (SSSR count). The Bertz CT molecular complexity index is 810. The van der Waals surface area contributed by atoms with E-state index in [9.17, 15) is 18.3 Å². The molecular formula is C17H15F3N2O. The molecule has 0 aliphatic carbocycles. The summed E-state index contributed by atoms with van der Waals surface area (Å²) in [7, 11) is 0. The average molecular weight is 320 g/mol. The molecule has 0 unspecified atom stereocenters. The van der Waals surface area contributed by atoms with Gasteiger partial charge in [-0.3, -0.25) is 0 Å². The van der Waals surface area contributed by atoms with E-state index < -0.39 is 11.7 Å². The van der Waals surface area contributed by atoms with Crippen LogP contribution < -0.4 is 0 Å². The highest BCUT2D eigenvalue weighted by molar-refractivity contribution is 5.77. The quantitative estimate of drug-likeness (QED) is 0.797. The van der Waals surface area contributed by atoms with Crippen LogP contribution in [0.4, 0.5) is 13.2 Å². The Hall–Kier alpha value is -2.34. The number of aliphatic hydroxyl groups is 1. The third-order valence-electron chi connectivity index (χ3n) is 3.68. The Kier molecular flexibility index (Phi) is 4.09. The Morgan fingerprint density at radius 3 is 2.43 bits per heavy atom. The SMILES string of the molecule is OCCn1c(Cc2ccccc2)nc2cc(C(F)(F)F)ccc21. The predicted molar refractivity (Wildman–Crippen MR) is 81.1 cm³/mol. The van der Waals surface area contributed by atoms with Crippen LogP contribution in [0.1, 0.15) is 17.0 Å². The Balaban J connectivity index is 2.07. The van der Waals surface area contributed by atoms with Crippen LogP contribution in [0.5, 0.6) is 0 Å². The second-order valence-electron chi connectivity index (χ2n) is 5.27. The van der Waals surface area contributed by atoms with E-state index in [1.54, 1.807) is 4.57 Å². The minimum atomic E-state index is -4.39. The molecule has 0 radical (unpaired) electrons. The summed E-state index contributed by atoms with van der Waals surface area (Å²) in [4.78, 5) is 4.35. The monoisotopic (exact) mass is 320 g/mol. The maximum Gasteiger partial charge on any atom is 0.416 e. The summed E-state index contributed by atoms with van der Waals surface area (Å²) < 4.78 is 40.3. The molecule has 0 atom stereocenters. The fourth-order valence-electron chi connectivity index (χ4n) is 2.62. The molecule has 0 amide bonds. The molecule has 1 aromatic heterocycles. The van der Waals surface area contributed by atoms with Crippen LogP contribution in [0.15, 0.2) is 48.5 Å². The van der Waals surface area contributed by atoms with Crippen molar-refractivity contribution in [3.8, 4) is 0 Å². The van der Waals surface area contributed by atoms with Crippen LogP contribution in [-0.2, 0) is 19.1 Å². The number of halogens is 3. The molecule has 0 saturated carbocycles. The van der Waals surface area contributed by atoms with Gasteiger partial charge in [0.25, 0.3) is 0 Å². The molecular weight excluding hydrogens is 305 g/mol. The molecule has 0 saturated heterocycles. The van der Waals surface area contributed by atoms with Gasteiger partial charge in [-0.2, -0.15) is 13.2 Å². The lowest BCUT2D eigenvalue weighted by Gasteiger charge is -2.08. The second-order valence-corrected chi connectivity index (χ2v) is 5.27. The lowest BCUT2D eigenvalue weighted by molar-refractivity contribution is -0.137. The van der Waals surface area contributed by atoms with Gasteiger partial charge < -0.3 is 9.67 Å². The number of benzene rings is 2. The van der Waals surface area contributed by atoms with E-state index in [0.717, 1.165) is 17.7 Å². The molecule has 0 fully saturated rings. The van der Waals surface area contributed by atoms with Crippen LogP contribution in [-0.4, -0.2) is 21.3 Å². The van der Waals surface area contributed by atoms with Crippen molar-refractivity contribution >= 4 is 11.0 Å². The molecule has 120 valence electrons. The molecule has 0 bridgehead atoms. The van der Waals surface area contributed by atoms with E-state index in [0.29, 0.717) is 29.8 Å². The number of rotatable bonds is 4. The smallest absolute Gasteiger partial charge is 0.395 e. The molecule has 2 aromatic carbocycles. The lowest BCUT2D eigenvalue weighted by Crippen LogP contribution is -2.08. The Morgan fingerprint density at radius 1 is 1.04 bits per heavy atom. The first-order valence-electron chi connectivity index (χ1n) is 7.20. The molecule has 1 heterocycles. The first-order valence-corrected chi connectivity index (χ1v) is 7.20. The van der Waals surface area contributed by atoms with Crippen molar-refractivity contribution in [3.63, 3.8) is 0 Å². The highest BCUT2D eigenvalue weighted by atomic mass is 19.4. The third kappa shape index (κ3) is 3.22. The Labute approximate surface area is 131 Å². The topological polar surface area (TPSA) is 38.0 Å². The number of imidazole rings is 1. The summed E-state index contributed by atoms with van der Waals surface area (Å²) in [5.41, 5.74) is 1.18. The minimum Gasteiger partial charge on any atom is -0.395 e. The highest BCUT2D eigenvalue weighted by Gasteiger charge is 2.31. The number of alkyl halides is 3. The van der Waals surface area contributed by atoms with Crippen LogP contribution in [0.25, 0.3) is 11.0 Å². The first kappa shape index (κ1) is 15.6. The van der Waals surface area contributed by atoms with Crippen molar-refractivity contribution in [3.05, 3.63) is 65.5 Å². The van der Waals surface area contributed by atoms with Crippen molar-refractivity contribution in [1.29, 1.82) is 0 Å². The summed E-state index contributed by atoms with van der Waals surface area (Å²) in [6.45, 7) is 0.193. The van der Waals surface area contributed by atoms with Gasteiger partial charge in [0, 0.05) is 13.0 Å². The van der Waals surface area contributed by atoms with Gasteiger partial charge in [-0.05, 0) is 23.8 Å². The molecule has 1 N–H and O–H groups in total. The van der Waals surface area contributed by atoms with Crippen LogP contribution in [0.2, 0.25) is 0 Å². The number of aromatic nitrogens is 2. The lowest BCUT2D eigenvalue weighted by atomic mass is 10.1. The van der Waals surface area contributed by atoms with Crippen molar-refractivity contribution < 1.29 is 18.3 Å². The zero-order valence-electron chi connectivity index (χ0n) is 12.2. The van der Waals surface area contributed by atoms with Crippen LogP contribution in [0.3, 0.4) is 0 Å². The predicted octanol–water partition coefficient (Wildman–Crippen LogP) is 3.64. The standard InChI is InChI=1S/C17H15F3N2O/c18-17(19,20)13-6-7-15-14(11-13)21-16(22(15)8-9-23)10-12-4-2-1-3-5-12/h1-7,11,23H,8-10H2. The van der Waals surface area contributed by atoms with E-state index in [4.69, 9.17) is 0 Å². The van der Waals surface area contributed by atoms with E-state index in [1.165, 1.54) is 6.07 Å². The summed E-state index contributed by atoms with van der Waals surface area (Å²) in [5.74, 6) is 0.638. The van der Waals surface area contributed by atoms with Crippen molar-refractivity contribution in [2.24, 2.45) is 0 Å². The highest BCUT2D eigenvalue weighted by Crippen LogP contribution is 2.31. The van der Waals surface area contributed by atoms with Gasteiger partial charge in [-0.1, -0.05) is 30.3 Å². The van der Waals surface area contributed by atoms with Gasteiger partial charge in [-0.25, -0.2) is 4.98 Å². The summed E-state index contributed by atoms with van der Waals surface area (Å²) in [6.07, 6.45) is -3.90. The van der Waals surface area contributed by atoms with Gasteiger partial charge >= 0.3 is 6.18 Å². The maximum absolute atomic E-state index is 12.8. The number of hydrogen-bond donors (Lipinski definition) is 1. The average Bonchev–Trinajstić information content (AvgIpc) is 2.85. The summed E-state index contributed by atoms with van der Waals surface area (Å²) in [6, 6.07) is 13.1. The van der Waals surface area contributed by atoms with Crippen LogP contribution >= 0.6 is 0 Å². The Morgan fingerprint density at radius 2 is 1.78 bits per heavy atom. The molecule has 0 aliphatic heterocycles.